The van der Waals surface area contributed by atoms with Gasteiger partial charge in [-0.2, -0.15) is 13.2 Å². The van der Waals surface area contributed by atoms with E-state index in [-0.39, 0.29) is 5.56 Å². The van der Waals surface area contributed by atoms with Crippen LogP contribution < -0.4 is 0 Å². The minimum atomic E-state index is -4.45. The van der Waals surface area contributed by atoms with Crippen LogP contribution in [0.1, 0.15) is 43.9 Å². The monoisotopic (exact) mass is 247 g/mol. The van der Waals surface area contributed by atoms with E-state index in [0.29, 0.717) is 18.8 Å². The summed E-state index contributed by atoms with van der Waals surface area (Å²) in [6.07, 6.45) is -2.39. The number of hydrogen-bond acceptors (Lipinski definition) is 2. The lowest BCUT2D eigenvalue weighted by atomic mass is 9.97. The van der Waals surface area contributed by atoms with E-state index in [0.717, 1.165) is 18.5 Å². The van der Waals surface area contributed by atoms with Crippen LogP contribution in [-0.2, 0) is 6.18 Å². The maximum absolute atomic E-state index is 12.7. The third-order valence-corrected chi connectivity index (χ3v) is 2.53. The van der Waals surface area contributed by atoms with E-state index in [2.05, 4.69) is 4.98 Å². The predicted octanol–water partition coefficient (Wildman–Crippen LogP) is 3.57. The number of nitrogens with zero attached hydrogens (tertiary/aromatic N) is 1. The van der Waals surface area contributed by atoms with E-state index in [1.54, 1.807) is 0 Å². The third-order valence-electron chi connectivity index (χ3n) is 2.53. The van der Waals surface area contributed by atoms with Gasteiger partial charge in [-0.05, 0) is 24.8 Å². The van der Waals surface area contributed by atoms with E-state index >= 15 is 0 Å². The van der Waals surface area contributed by atoms with Crippen molar-refractivity contribution in [2.45, 2.75) is 39.0 Å². The standard InChI is InChI=1S/C12H16F3NO/c1-8(2)3-4-11(17)9-7-16-6-5-10(9)12(13,14)15/h5-8,11,17H,3-4H2,1-2H3. The average Bonchev–Trinajstić information content (AvgIpc) is 2.24. The van der Waals surface area contributed by atoms with Gasteiger partial charge >= 0.3 is 6.18 Å². The number of aromatic nitrogens is 1. The van der Waals surface area contributed by atoms with Crippen molar-refractivity contribution in [1.82, 2.24) is 4.98 Å². The summed E-state index contributed by atoms with van der Waals surface area (Å²) in [7, 11) is 0. The molecule has 0 saturated heterocycles. The minimum Gasteiger partial charge on any atom is -0.388 e. The fourth-order valence-electron chi connectivity index (χ4n) is 1.58. The number of rotatable bonds is 4. The lowest BCUT2D eigenvalue weighted by molar-refractivity contribution is -0.139. The summed E-state index contributed by atoms with van der Waals surface area (Å²) in [5.74, 6) is 0.343. The van der Waals surface area contributed by atoms with E-state index < -0.39 is 17.8 Å². The Labute approximate surface area is 98.5 Å². The van der Waals surface area contributed by atoms with Gasteiger partial charge in [0.15, 0.2) is 0 Å². The first-order chi connectivity index (χ1) is 7.82. The second kappa shape index (κ2) is 5.49. The molecule has 0 aliphatic carbocycles. The summed E-state index contributed by atoms with van der Waals surface area (Å²) in [6.45, 7) is 3.92. The molecule has 0 spiro atoms. The smallest absolute Gasteiger partial charge is 0.388 e. The Kier molecular flexibility index (Phi) is 4.51. The molecule has 1 heterocycles. The van der Waals surface area contributed by atoms with Crippen molar-refractivity contribution in [3.63, 3.8) is 0 Å². The van der Waals surface area contributed by atoms with Gasteiger partial charge in [-0.15, -0.1) is 0 Å². The number of aliphatic hydroxyl groups is 1. The fraction of sp³-hybridized carbons (Fsp3) is 0.583. The largest absolute Gasteiger partial charge is 0.416 e. The molecular weight excluding hydrogens is 231 g/mol. The first kappa shape index (κ1) is 14.0. The Morgan fingerprint density at radius 1 is 1.29 bits per heavy atom. The van der Waals surface area contributed by atoms with E-state index in [4.69, 9.17) is 0 Å². The van der Waals surface area contributed by atoms with Crippen LogP contribution in [0.3, 0.4) is 0 Å². The van der Waals surface area contributed by atoms with Gasteiger partial charge in [0, 0.05) is 18.0 Å². The van der Waals surface area contributed by atoms with Gasteiger partial charge in [0.25, 0.3) is 0 Å². The van der Waals surface area contributed by atoms with E-state index in [1.807, 2.05) is 13.8 Å². The molecule has 0 fully saturated rings. The maximum atomic E-state index is 12.7. The molecule has 1 aromatic heterocycles. The zero-order valence-electron chi connectivity index (χ0n) is 9.83. The Hall–Kier alpha value is -1.10. The van der Waals surface area contributed by atoms with Gasteiger partial charge in [-0.1, -0.05) is 13.8 Å². The van der Waals surface area contributed by atoms with Gasteiger partial charge in [0.05, 0.1) is 11.7 Å². The summed E-state index contributed by atoms with van der Waals surface area (Å²) in [5.41, 5.74) is -0.940. The summed E-state index contributed by atoms with van der Waals surface area (Å²) >= 11 is 0. The Morgan fingerprint density at radius 3 is 2.47 bits per heavy atom. The fourth-order valence-corrected chi connectivity index (χ4v) is 1.58. The number of hydrogen-bond donors (Lipinski definition) is 1. The van der Waals surface area contributed by atoms with E-state index in [1.165, 1.54) is 0 Å². The van der Waals surface area contributed by atoms with Crippen LogP contribution >= 0.6 is 0 Å². The van der Waals surface area contributed by atoms with E-state index in [9.17, 15) is 18.3 Å². The van der Waals surface area contributed by atoms with Crippen LogP contribution in [0.25, 0.3) is 0 Å². The molecule has 17 heavy (non-hydrogen) atoms. The molecule has 0 aromatic carbocycles. The zero-order chi connectivity index (χ0) is 13.1. The topological polar surface area (TPSA) is 33.1 Å². The van der Waals surface area contributed by atoms with Gasteiger partial charge < -0.3 is 5.11 Å². The van der Waals surface area contributed by atoms with Crippen LogP contribution in [0.4, 0.5) is 13.2 Å². The van der Waals surface area contributed by atoms with Crippen molar-refractivity contribution in [1.29, 1.82) is 0 Å². The molecule has 1 atom stereocenters. The first-order valence-corrected chi connectivity index (χ1v) is 5.51. The van der Waals surface area contributed by atoms with Gasteiger partial charge in [-0.25, -0.2) is 0 Å². The van der Waals surface area contributed by atoms with Crippen LogP contribution in [0, 0.1) is 5.92 Å². The highest BCUT2D eigenvalue weighted by Crippen LogP contribution is 2.35. The number of pyridine rings is 1. The molecule has 0 bridgehead atoms. The van der Waals surface area contributed by atoms with Crippen LogP contribution in [0.5, 0.6) is 0 Å². The predicted molar refractivity (Wildman–Crippen MR) is 58.3 cm³/mol. The molecule has 0 radical (unpaired) electrons. The second-order valence-corrected chi connectivity index (χ2v) is 4.45. The van der Waals surface area contributed by atoms with Crippen LogP contribution in [-0.4, -0.2) is 10.1 Å². The highest BCUT2D eigenvalue weighted by molar-refractivity contribution is 5.28. The number of alkyl halides is 3. The molecule has 5 heteroatoms. The lowest BCUT2D eigenvalue weighted by Crippen LogP contribution is -2.13. The van der Waals surface area contributed by atoms with Crippen molar-refractivity contribution in [2.75, 3.05) is 0 Å². The third kappa shape index (κ3) is 4.00. The van der Waals surface area contributed by atoms with Crippen molar-refractivity contribution in [3.8, 4) is 0 Å². The van der Waals surface area contributed by atoms with Gasteiger partial charge in [0.2, 0.25) is 0 Å². The molecule has 1 unspecified atom stereocenters. The average molecular weight is 247 g/mol. The highest BCUT2D eigenvalue weighted by Gasteiger charge is 2.34. The van der Waals surface area contributed by atoms with Crippen molar-refractivity contribution < 1.29 is 18.3 Å². The highest BCUT2D eigenvalue weighted by atomic mass is 19.4. The maximum Gasteiger partial charge on any atom is 0.416 e. The van der Waals surface area contributed by atoms with Crippen molar-refractivity contribution >= 4 is 0 Å². The summed E-state index contributed by atoms with van der Waals surface area (Å²) < 4.78 is 38.0. The lowest BCUT2D eigenvalue weighted by Gasteiger charge is -2.17. The van der Waals surface area contributed by atoms with Crippen molar-refractivity contribution in [2.24, 2.45) is 5.92 Å². The minimum absolute atomic E-state index is 0.138. The first-order valence-electron chi connectivity index (χ1n) is 5.51. The normalized spacial score (nSPS) is 14.1. The Bertz CT molecular complexity index is 363. The van der Waals surface area contributed by atoms with Gasteiger partial charge in [-0.3, -0.25) is 4.98 Å². The molecule has 1 aromatic rings. The Morgan fingerprint density at radius 2 is 1.94 bits per heavy atom. The quantitative estimate of drug-likeness (QED) is 0.882. The van der Waals surface area contributed by atoms with Crippen molar-refractivity contribution in [3.05, 3.63) is 29.6 Å². The summed E-state index contributed by atoms with van der Waals surface area (Å²) in [4.78, 5) is 3.65. The summed E-state index contributed by atoms with van der Waals surface area (Å²) in [5, 5.41) is 9.77. The van der Waals surface area contributed by atoms with Crippen LogP contribution in [0.15, 0.2) is 18.5 Å². The molecule has 0 aliphatic heterocycles. The zero-order valence-corrected chi connectivity index (χ0v) is 9.83. The molecule has 96 valence electrons. The number of aliphatic hydroxyl groups excluding tert-OH is 1. The summed E-state index contributed by atoms with van der Waals surface area (Å²) in [6, 6.07) is 0.897. The number of halogens is 3. The molecule has 0 saturated carbocycles. The molecule has 1 N–H and O–H groups in total. The van der Waals surface area contributed by atoms with Gasteiger partial charge in [0.1, 0.15) is 0 Å². The molecule has 2 nitrogen and oxygen atoms in total. The SMILES string of the molecule is CC(C)CCC(O)c1cnccc1C(F)(F)F. The molecule has 1 rings (SSSR count). The molecular formula is C12H16F3NO. The second-order valence-electron chi connectivity index (χ2n) is 4.45. The molecule has 0 amide bonds. The Balaban J connectivity index is 2.89. The molecule has 0 aliphatic rings. The van der Waals surface area contributed by atoms with Crippen LogP contribution in [0.2, 0.25) is 0 Å².